The minimum atomic E-state index is -4.93. The quantitative estimate of drug-likeness (QED) is 0.278. The molecule has 0 saturated carbocycles. The summed E-state index contributed by atoms with van der Waals surface area (Å²) in [7, 11) is -4.51. The number of phosphoric acid groups is 1. The lowest BCUT2D eigenvalue weighted by Crippen LogP contribution is -2.33. The second kappa shape index (κ2) is 10.8. The Bertz CT molecular complexity index is 525. The Morgan fingerprint density at radius 1 is 0.889 bits per heavy atom. The van der Waals surface area contributed by atoms with Gasteiger partial charge in [-0.2, -0.15) is 26.3 Å². The largest absolute Gasteiger partial charge is 0.475 e. The zero-order chi connectivity index (χ0) is 21.3. The average molecular weight is 434 g/mol. The predicted molar refractivity (Wildman–Crippen MR) is 74.4 cm³/mol. The van der Waals surface area contributed by atoms with Gasteiger partial charge in [0.25, 0.3) is 0 Å². The van der Waals surface area contributed by atoms with Gasteiger partial charge in [-0.05, 0) is 13.8 Å². The molecule has 1 unspecified atom stereocenters. The van der Waals surface area contributed by atoms with Crippen molar-refractivity contribution in [1.82, 2.24) is 0 Å². The van der Waals surface area contributed by atoms with E-state index in [-0.39, 0.29) is 13.2 Å². The normalized spacial score (nSPS) is 13.9. The van der Waals surface area contributed by atoms with Gasteiger partial charge in [0.2, 0.25) is 0 Å². The molecule has 0 spiro atoms. The Kier molecular flexibility index (Phi) is 10.3. The summed E-state index contributed by atoms with van der Waals surface area (Å²) in [5, 5.41) is 0. The SMILES string of the molecule is CCOP(=O)(OCC)OC(CC(=O)OCC(F)(F)F)C(=O)OCC(F)(F)F. The predicted octanol–water partition coefficient (Wildman–Crippen LogP) is 3.15. The first-order valence-electron chi connectivity index (χ1n) is 7.24. The number of alkyl halides is 6. The summed E-state index contributed by atoms with van der Waals surface area (Å²) in [5.41, 5.74) is 0. The molecule has 15 heteroatoms. The summed E-state index contributed by atoms with van der Waals surface area (Å²) < 4.78 is 106. The van der Waals surface area contributed by atoms with Crippen molar-refractivity contribution in [1.29, 1.82) is 0 Å². The Morgan fingerprint density at radius 2 is 1.33 bits per heavy atom. The van der Waals surface area contributed by atoms with Gasteiger partial charge in [0.1, 0.15) is 0 Å². The molecule has 8 nitrogen and oxygen atoms in total. The maximum atomic E-state index is 12.2. The van der Waals surface area contributed by atoms with E-state index in [1.807, 2.05) is 0 Å². The molecule has 1 atom stereocenters. The summed E-state index contributed by atoms with van der Waals surface area (Å²) in [6.45, 7) is -1.96. The van der Waals surface area contributed by atoms with E-state index in [0.29, 0.717) is 0 Å². The third-order valence-electron chi connectivity index (χ3n) is 2.22. The summed E-state index contributed by atoms with van der Waals surface area (Å²) in [5.74, 6) is -3.49. The molecule has 0 aromatic carbocycles. The van der Waals surface area contributed by atoms with E-state index in [9.17, 15) is 40.5 Å². The van der Waals surface area contributed by atoms with Crippen LogP contribution in [0.25, 0.3) is 0 Å². The first-order chi connectivity index (χ1) is 12.2. The van der Waals surface area contributed by atoms with Gasteiger partial charge in [-0.15, -0.1) is 0 Å². The zero-order valence-corrected chi connectivity index (χ0v) is 15.0. The van der Waals surface area contributed by atoms with Crippen molar-refractivity contribution in [2.45, 2.75) is 38.7 Å². The molecule has 0 fully saturated rings. The fourth-order valence-corrected chi connectivity index (χ4v) is 2.65. The highest BCUT2D eigenvalue weighted by Gasteiger charge is 2.39. The number of hydrogen-bond acceptors (Lipinski definition) is 8. The highest BCUT2D eigenvalue weighted by molar-refractivity contribution is 7.48. The maximum Gasteiger partial charge on any atom is 0.475 e. The second-order valence-electron chi connectivity index (χ2n) is 4.58. The number of carbonyl (C=O) groups is 2. The Balaban J connectivity index is 5.21. The van der Waals surface area contributed by atoms with Crippen molar-refractivity contribution in [3.05, 3.63) is 0 Å². The number of esters is 2. The fourth-order valence-electron chi connectivity index (χ4n) is 1.35. The van der Waals surface area contributed by atoms with Crippen LogP contribution >= 0.6 is 7.82 Å². The van der Waals surface area contributed by atoms with Gasteiger partial charge in [0.15, 0.2) is 19.3 Å². The van der Waals surface area contributed by atoms with Crippen LogP contribution in [0, 0.1) is 0 Å². The Labute approximate surface area is 149 Å². The van der Waals surface area contributed by atoms with Crippen molar-refractivity contribution in [2.75, 3.05) is 26.4 Å². The van der Waals surface area contributed by atoms with Crippen LogP contribution in [0.1, 0.15) is 20.3 Å². The van der Waals surface area contributed by atoms with Crippen molar-refractivity contribution < 1.29 is 63.5 Å². The molecule has 0 N–H and O–H groups in total. The number of halogens is 6. The van der Waals surface area contributed by atoms with Crippen LogP contribution in [0.2, 0.25) is 0 Å². The fraction of sp³-hybridized carbons (Fsp3) is 0.833. The molecule has 0 aliphatic heterocycles. The lowest BCUT2D eigenvalue weighted by atomic mass is 10.2. The minimum Gasteiger partial charge on any atom is -0.456 e. The molecule has 0 saturated heterocycles. The molecular formula is C12H17F6O8P. The number of phosphoric ester groups is 1. The van der Waals surface area contributed by atoms with Crippen LogP contribution in [0.15, 0.2) is 0 Å². The molecule has 0 bridgehead atoms. The van der Waals surface area contributed by atoms with Gasteiger partial charge >= 0.3 is 32.1 Å². The lowest BCUT2D eigenvalue weighted by Gasteiger charge is -2.22. The maximum absolute atomic E-state index is 12.2. The van der Waals surface area contributed by atoms with Crippen LogP contribution in [-0.4, -0.2) is 56.8 Å². The van der Waals surface area contributed by atoms with E-state index in [2.05, 4.69) is 23.0 Å². The molecule has 0 heterocycles. The summed E-state index contributed by atoms with van der Waals surface area (Å²) >= 11 is 0. The molecule has 0 amide bonds. The highest BCUT2D eigenvalue weighted by Crippen LogP contribution is 2.50. The van der Waals surface area contributed by atoms with E-state index < -0.39 is 57.9 Å². The Hall–Kier alpha value is -1.37. The van der Waals surface area contributed by atoms with E-state index in [1.165, 1.54) is 13.8 Å². The van der Waals surface area contributed by atoms with Crippen LogP contribution in [0.4, 0.5) is 26.3 Å². The number of hydrogen-bond donors (Lipinski definition) is 0. The molecule has 0 aromatic heterocycles. The minimum absolute atomic E-state index is 0.278. The zero-order valence-electron chi connectivity index (χ0n) is 14.1. The standard InChI is InChI=1S/C12H17F6O8P/c1-3-24-27(21,25-4-2)26-8(10(20)23-7-12(16,17)18)5-9(19)22-6-11(13,14)15/h8H,3-7H2,1-2H3. The van der Waals surface area contributed by atoms with Crippen LogP contribution in [0.3, 0.4) is 0 Å². The second-order valence-corrected chi connectivity index (χ2v) is 6.20. The summed E-state index contributed by atoms with van der Waals surface area (Å²) in [4.78, 5) is 23.1. The van der Waals surface area contributed by atoms with Gasteiger partial charge in [0, 0.05) is 0 Å². The Morgan fingerprint density at radius 3 is 1.74 bits per heavy atom. The van der Waals surface area contributed by atoms with E-state index >= 15 is 0 Å². The number of rotatable bonds is 11. The first kappa shape index (κ1) is 25.6. The lowest BCUT2D eigenvalue weighted by molar-refractivity contribution is -0.195. The van der Waals surface area contributed by atoms with Crippen LogP contribution in [0.5, 0.6) is 0 Å². The monoisotopic (exact) mass is 434 g/mol. The number of ether oxygens (including phenoxy) is 2. The van der Waals surface area contributed by atoms with Crippen molar-refractivity contribution >= 4 is 19.8 Å². The smallest absolute Gasteiger partial charge is 0.456 e. The van der Waals surface area contributed by atoms with Crippen LogP contribution in [-0.2, 0) is 37.2 Å². The van der Waals surface area contributed by atoms with E-state index in [4.69, 9.17) is 0 Å². The van der Waals surface area contributed by atoms with Crippen molar-refractivity contribution in [3.8, 4) is 0 Å². The summed E-state index contributed by atoms with van der Waals surface area (Å²) in [6, 6.07) is 0. The third-order valence-corrected chi connectivity index (χ3v) is 3.88. The molecule has 0 aliphatic carbocycles. The van der Waals surface area contributed by atoms with Gasteiger partial charge in [-0.3, -0.25) is 18.4 Å². The van der Waals surface area contributed by atoms with Gasteiger partial charge in [-0.1, -0.05) is 0 Å². The van der Waals surface area contributed by atoms with Crippen molar-refractivity contribution in [3.63, 3.8) is 0 Å². The molecule has 0 radical (unpaired) electrons. The molecule has 0 rings (SSSR count). The van der Waals surface area contributed by atoms with Gasteiger partial charge in [-0.25, -0.2) is 9.36 Å². The van der Waals surface area contributed by atoms with Gasteiger partial charge < -0.3 is 9.47 Å². The molecule has 27 heavy (non-hydrogen) atoms. The average Bonchev–Trinajstić information content (AvgIpc) is 2.49. The number of carbonyl (C=O) groups excluding carboxylic acids is 2. The van der Waals surface area contributed by atoms with E-state index in [0.717, 1.165) is 0 Å². The van der Waals surface area contributed by atoms with Gasteiger partial charge in [0.05, 0.1) is 19.6 Å². The van der Waals surface area contributed by atoms with Crippen molar-refractivity contribution in [2.24, 2.45) is 0 Å². The van der Waals surface area contributed by atoms with Crippen LogP contribution < -0.4 is 0 Å². The molecule has 0 aromatic rings. The molecule has 0 aliphatic rings. The third kappa shape index (κ3) is 12.6. The first-order valence-corrected chi connectivity index (χ1v) is 8.70. The summed E-state index contributed by atoms with van der Waals surface area (Å²) in [6.07, 6.45) is -13.5. The highest BCUT2D eigenvalue weighted by atomic mass is 31.2. The molecule has 160 valence electrons. The van der Waals surface area contributed by atoms with E-state index in [1.54, 1.807) is 0 Å². The topological polar surface area (TPSA) is 97.4 Å². The molecular weight excluding hydrogens is 417 g/mol.